The molecule has 0 amide bonds. The molecular formula is C14H11NO. The van der Waals surface area contributed by atoms with E-state index >= 15 is 0 Å². The zero-order chi connectivity index (χ0) is 11.0. The van der Waals surface area contributed by atoms with Crippen LogP contribution in [0.3, 0.4) is 0 Å². The van der Waals surface area contributed by atoms with E-state index in [1.165, 1.54) is 5.56 Å². The molecule has 1 aromatic carbocycles. The third-order valence-electron chi connectivity index (χ3n) is 2.64. The van der Waals surface area contributed by atoms with Crippen molar-refractivity contribution in [2.45, 2.75) is 6.92 Å². The van der Waals surface area contributed by atoms with Crippen LogP contribution < -0.4 is 0 Å². The van der Waals surface area contributed by atoms with Crippen LogP contribution in [0.25, 0.3) is 22.3 Å². The van der Waals surface area contributed by atoms with Crippen molar-refractivity contribution in [3.05, 3.63) is 54.4 Å². The third-order valence-corrected chi connectivity index (χ3v) is 2.64. The summed E-state index contributed by atoms with van der Waals surface area (Å²) in [6.45, 7) is 2.08. The fourth-order valence-corrected chi connectivity index (χ4v) is 1.82. The molecule has 3 rings (SSSR count). The Bertz CT molecular complexity index is 626. The van der Waals surface area contributed by atoms with Crippen LogP contribution in [0.1, 0.15) is 5.56 Å². The Balaban J connectivity index is 2.19. The Labute approximate surface area is 93.5 Å². The van der Waals surface area contributed by atoms with Crippen LogP contribution in [0.15, 0.2) is 53.2 Å². The van der Waals surface area contributed by atoms with E-state index in [0.29, 0.717) is 0 Å². The molecular weight excluding hydrogens is 198 g/mol. The van der Waals surface area contributed by atoms with Crippen LogP contribution >= 0.6 is 0 Å². The smallest absolute Gasteiger partial charge is 0.135 e. The number of fused-ring (bicyclic) bond motifs is 1. The number of hydrogen-bond acceptors (Lipinski definition) is 2. The Hall–Kier alpha value is -2.09. The number of aryl methyl sites for hydroxylation is 1. The molecule has 0 aliphatic carbocycles. The molecule has 78 valence electrons. The molecule has 0 spiro atoms. The van der Waals surface area contributed by atoms with E-state index in [9.17, 15) is 0 Å². The van der Waals surface area contributed by atoms with Crippen molar-refractivity contribution in [2.75, 3.05) is 0 Å². The van der Waals surface area contributed by atoms with E-state index < -0.39 is 0 Å². The molecule has 0 aliphatic rings. The van der Waals surface area contributed by atoms with Crippen molar-refractivity contribution in [2.24, 2.45) is 0 Å². The van der Waals surface area contributed by atoms with E-state index in [0.717, 1.165) is 22.3 Å². The summed E-state index contributed by atoms with van der Waals surface area (Å²) in [6.07, 6.45) is 3.54. The van der Waals surface area contributed by atoms with Crippen LogP contribution in [0, 0.1) is 6.92 Å². The van der Waals surface area contributed by atoms with Crippen LogP contribution in [-0.4, -0.2) is 4.98 Å². The van der Waals surface area contributed by atoms with Gasteiger partial charge in [0.05, 0.1) is 0 Å². The van der Waals surface area contributed by atoms with Crippen molar-refractivity contribution < 1.29 is 4.42 Å². The first-order valence-electron chi connectivity index (χ1n) is 5.23. The molecule has 0 saturated heterocycles. The van der Waals surface area contributed by atoms with E-state index in [2.05, 4.69) is 30.1 Å². The average Bonchev–Trinajstić information content (AvgIpc) is 2.73. The second-order valence-electron chi connectivity index (χ2n) is 3.89. The van der Waals surface area contributed by atoms with Crippen molar-refractivity contribution in [1.29, 1.82) is 0 Å². The summed E-state index contributed by atoms with van der Waals surface area (Å²) in [5.41, 5.74) is 3.23. The molecule has 2 heteroatoms. The van der Waals surface area contributed by atoms with Crippen LogP contribution in [-0.2, 0) is 0 Å². The highest BCUT2D eigenvalue weighted by Crippen LogP contribution is 2.27. The Kier molecular flexibility index (Phi) is 2.00. The highest BCUT2D eigenvalue weighted by atomic mass is 16.3. The minimum Gasteiger partial charge on any atom is -0.456 e. The summed E-state index contributed by atoms with van der Waals surface area (Å²) < 4.78 is 5.78. The fraction of sp³-hybridized carbons (Fsp3) is 0.0714. The summed E-state index contributed by atoms with van der Waals surface area (Å²) in [5.74, 6) is 0.892. The molecule has 0 radical (unpaired) electrons. The van der Waals surface area contributed by atoms with Gasteiger partial charge in [0.25, 0.3) is 0 Å². The maximum atomic E-state index is 5.78. The lowest BCUT2D eigenvalue weighted by Crippen LogP contribution is -1.72. The SMILES string of the molecule is Cc1ccc2oc(-c3ccncc3)cc2c1. The van der Waals surface area contributed by atoms with Gasteiger partial charge in [0.1, 0.15) is 11.3 Å². The molecule has 0 N–H and O–H groups in total. The zero-order valence-electron chi connectivity index (χ0n) is 8.97. The molecule has 0 saturated carbocycles. The summed E-state index contributed by atoms with van der Waals surface area (Å²) in [5, 5.41) is 1.15. The van der Waals surface area contributed by atoms with Crippen LogP contribution in [0.2, 0.25) is 0 Å². The Morgan fingerprint density at radius 2 is 1.81 bits per heavy atom. The van der Waals surface area contributed by atoms with Gasteiger partial charge in [0.15, 0.2) is 0 Å². The lowest BCUT2D eigenvalue weighted by molar-refractivity contribution is 0.631. The van der Waals surface area contributed by atoms with Crippen LogP contribution in [0.4, 0.5) is 0 Å². The number of aromatic nitrogens is 1. The van der Waals surface area contributed by atoms with Gasteiger partial charge in [0, 0.05) is 23.3 Å². The molecule has 2 heterocycles. The number of hydrogen-bond donors (Lipinski definition) is 0. The van der Waals surface area contributed by atoms with Gasteiger partial charge in [-0.1, -0.05) is 11.6 Å². The molecule has 0 unspecified atom stereocenters. The van der Waals surface area contributed by atoms with Crippen molar-refractivity contribution in [1.82, 2.24) is 4.98 Å². The molecule has 2 aromatic heterocycles. The van der Waals surface area contributed by atoms with Crippen molar-refractivity contribution in [3.8, 4) is 11.3 Å². The second kappa shape index (κ2) is 3.49. The number of rotatable bonds is 1. The van der Waals surface area contributed by atoms with Crippen molar-refractivity contribution >= 4 is 11.0 Å². The Morgan fingerprint density at radius 1 is 1.00 bits per heavy atom. The largest absolute Gasteiger partial charge is 0.456 e. The number of pyridine rings is 1. The first-order chi connectivity index (χ1) is 7.83. The summed E-state index contributed by atoms with van der Waals surface area (Å²) >= 11 is 0. The summed E-state index contributed by atoms with van der Waals surface area (Å²) in [6, 6.07) is 12.2. The van der Waals surface area contributed by atoms with E-state index in [-0.39, 0.29) is 0 Å². The van der Waals surface area contributed by atoms with Crippen LogP contribution in [0.5, 0.6) is 0 Å². The molecule has 2 nitrogen and oxygen atoms in total. The average molecular weight is 209 g/mol. The van der Waals surface area contributed by atoms with E-state index in [1.807, 2.05) is 18.2 Å². The van der Waals surface area contributed by atoms with Gasteiger partial charge in [-0.2, -0.15) is 0 Å². The summed E-state index contributed by atoms with van der Waals surface area (Å²) in [7, 11) is 0. The fourth-order valence-electron chi connectivity index (χ4n) is 1.82. The lowest BCUT2D eigenvalue weighted by atomic mass is 10.1. The van der Waals surface area contributed by atoms with Gasteiger partial charge in [-0.3, -0.25) is 4.98 Å². The first-order valence-corrected chi connectivity index (χ1v) is 5.23. The van der Waals surface area contributed by atoms with Gasteiger partial charge in [-0.15, -0.1) is 0 Å². The number of nitrogens with zero attached hydrogens (tertiary/aromatic N) is 1. The van der Waals surface area contributed by atoms with Gasteiger partial charge in [-0.05, 0) is 37.3 Å². The predicted molar refractivity (Wildman–Crippen MR) is 64.2 cm³/mol. The number of benzene rings is 1. The molecule has 16 heavy (non-hydrogen) atoms. The molecule has 0 atom stereocenters. The molecule has 3 aromatic rings. The van der Waals surface area contributed by atoms with Gasteiger partial charge in [-0.25, -0.2) is 0 Å². The molecule has 0 fully saturated rings. The second-order valence-corrected chi connectivity index (χ2v) is 3.89. The minimum absolute atomic E-state index is 0.892. The molecule has 0 aliphatic heterocycles. The topological polar surface area (TPSA) is 26.0 Å². The monoisotopic (exact) mass is 209 g/mol. The quantitative estimate of drug-likeness (QED) is 0.609. The highest BCUT2D eigenvalue weighted by molar-refractivity contribution is 5.83. The Morgan fingerprint density at radius 3 is 2.62 bits per heavy atom. The van der Waals surface area contributed by atoms with E-state index in [4.69, 9.17) is 4.42 Å². The van der Waals surface area contributed by atoms with Gasteiger partial charge < -0.3 is 4.42 Å². The van der Waals surface area contributed by atoms with Gasteiger partial charge in [0.2, 0.25) is 0 Å². The maximum absolute atomic E-state index is 5.78. The highest BCUT2D eigenvalue weighted by Gasteiger charge is 2.05. The first kappa shape index (κ1) is 9.16. The van der Waals surface area contributed by atoms with Gasteiger partial charge >= 0.3 is 0 Å². The number of furan rings is 1. The minimum atomic E-state index is 0.892. The van der Waals surface area contributed by atoms with Crippen molar-refractivity contribution in [3.63, 3.8) is 0 Å². The maximum Gasteiger partial charge on any atom is 0.135 e. The zero-order valence-corrected chi connectivity index (χ0v) is 8.97. The third kappa shape index (κ3) is 1.48. The molecule has 0 bridgehead atoms. The normalized spacial score (nSPS) is 10.8. The van der Waals surface area contributed by atoms with E-state index in [1.54, 1.807) is 12.4 Å². The predicted octanol–water partition coefficient (Wildman–Crippen LogP) is 3.80. The summed E-state index contributed by atoms with van der Waals surface area (Å²) in [4.78, 5) is 4.00. The standard InChI is InChI=1S/C14H11NO/c1-10-2-3-13-12(8-10)9-14(16-13)11-4-6-15-7-5-11/h2-9H,1H3. The lowest BCUT2D eigenvalue weighted by Gasteiger charge is -1.93.